The number of non-ortho nitro benzene ring substituents is 1. The van der Waals surface area contributed by atoms with Crippen LogP contribution in [0.1, 0.15) is 40.0 Å². The number of hydrogen-bond donors (Lipinski definition) is 1. The molecule has 0 saturated heterocycles. The number of benzene rings is 1. The van der Waals surface area contributed by atoms with E-state index in [1.54, 1.807) is 6.07 Å². The molecule has 1 N–H and O–H groups in total. The molecule has 1 aliphatic rings. The molecule has 0 amide bonds. The Morgan fingerprint density at radius 2 is 2.10 bits per heavy atom. The zero-order chi connectivity index (χ0) is 14.8. The molecule has 1 fully saturated rings. The van der Waals surface area contributed by atoms with Crippen molar-refractivity contribution in [1.82, 2.24) is 0 Å². The lowest BCUT2D eigenvalue weighted by molar-refractivity contribution is -0.384. The summed E-state index contributed by atoms with van der Waals surface area (Å²) in [5.41, 5.74) is 1.21. The van der Waals surface area contributed by atoms with Crippen LogP contribution in [0.5, 0.6) is 5.75 Å². The van der Waals surface area contributed by atoms with E-state index in [2.05, 4.69) is 12.2 Å². The molecule has 1 aromatic rings. The van der Waals surface area contributed by atoms with E-state index in [4.69, 9.17) is 4.74 Å². The molecule has 1 saturated carbocycles. The zero-order valence-corrected chi connectivity index (χ0v) is 12.3. The van der Waals surface area contributed by atoms with Gasteiger partial charge in [-0.2, -0.15) is 0 Å². The highest BCUT2D eigenvalue weighted by Crippen LogP contribution is 2.48. The quantitative estimate of drug-likeness (QED) is 0.605. The fraction of sp³-hybridized carbons (Fsp3) is 0.600. The minimum atomic E-state index is -0.384. The number of anilines is 1. The van der Waals surface area contributed by atoms with Gasteiger partial charge in [-0.15, -0.1) is 0 Å². The first-order chi connectivity index (χ1) is 9.44. The molecule has 20 heavy (non-hydrogen) atoms. The van der Waals surface area contributed by atoms with Crippen molar-refractivity contribution in [3.63, 3.8) is 0 Å². The average Bonchev–Trinajstić information content (AvgIpc) is 3.16. The molecule has 0 heterocycles. The maximum absolute atomic E-state index is 11.0. The third kappa shape index (κ3) is 3.62. The third-order valence-electron chi connectivity index (χ3n) is 3.85. The van der Waals surface area contributed by atoms with Gasteiger partial charge in [-0.3, -0.25) is 10.1 Å². The van der Waals surface area contributed by atoms with Gasteiger partial charge in [-0.25, -0.2) is 0 Å². The molecule has 5 heteroatoms. The number of nitrogens with one attached hydrogen (secondary N) is 1. The van der Waals surface area contributed by atoms with E-state index in [0.29, 0.717) is 11.2 Å². The van der Waals surface area contributed by atoms with Crippen molar-refractivity contribution in [1.29, 1.82) is 0 Å². The standard InChI is InChI=1S/C15H22N2O3/c1-4-15(5-6-15)10-16-12-7-13(17(18)19)9-14(8-12)20-11(2)3/h7-9,11,16H,4-6,10H2,1-3H3. The molecule has 0 unspecified atom stereocenters. The lowest BCUT2D eigenvalue weighted by Gasteiger charge is -2.16. The van der Waals surface area contributed by atoms with Crippen LogP contribution in [-0.2, 0) is 0 Å². The highest BCUT2D eigenvalue weighted by molar-refractivity contribution is 5.56. The van der Waals surface area contributed by atoms with Crippen LogP contribution in [0.3, 0.4) is 0 Å². The Kier molecular flexibility index (Phi) is 4.16. The Bertz CT molecular complexity index is 496. The lowest BCUT2D eigenvalue weighted by atomic mass is 10.0. The molecule has 0 atom stereocenters. The monoisotopic (exact) mass is 278 g/mol. The normalized spacial score (nSPS) is 16.0. The summed E-state index contributed by atoms with van der Waals surface area (Å²) in [5, 5.41) is 14.3. The SMILES string of the molecule is CCC1(CNc2cc(OC(C)C)cc([N+](=O)[O-])c2)CC1. The minimum Gasteiger partial charge on any atom is -0.491 e. The Morgan fingerprint density at radius 1 is 1.40 bits per heavy atom. The van der Waals surface area contributed by atoms with E-state index in [9.17, 15) is 10.1 Å². The molecule has 0 aromatic heterocycles. The molecule has 2 rings (SSSR count). The molecular formula is C15H22N2O3. The van der Waals surface area contributed by atoms with Gasteiger partial charge in [0.25, 0.3) is 5.69 Å². The molecule has 1 aromatic carbocycles. The van der Waals surface area contributed by atoms with Gasteiger partial charge in [0, 0.05) is 24.4 Å². The lowest BCUT2D eigenvalue weighted by Crippen LogP contribution is -2.14. The summed E-state index contributed by atoms with van der Waals surface area (Å²) in [6.45, 7) is 6.87. The second-order valence-electron chi connectivity index (χ2n) is 5.85. The van der Waals surface area contributed by atoms with Gasteiger partial charge in [0.2, 0.25) is 0 Å². The summed E-state index contributed by atoms with van der Waals surface area (Å²) in [6, 6.07) is 4.87. The molecule has 5 nitrogen and oxygen atoms in total. The number of hydrogen-bond acceptors (Lipinski definition) is 4. The number of ether oxygens (including phenoxy) is 1. The highest BCUT2D eigenvalue weighted by atomic mass is 16.6. The number of rotatable bonds is 7. The molecular weight excluding hydrogens is 256 g/mol. The van der Waals surface area contributed by atoms with Crippen LogP contribution in [0.15, 0.2) is 18.2 Å². The predicted octanol–water partition coefficient (Wildman–Crippen LogP) is 3.98. The van der Waals surface area contributed by atoms with E-state index >= 15 is 0 Å². The van der Waals surface area contributed by atoms with Gasteiger partial charge in [-0.05, 0) is 38.5 Å². The first kappa shape index (κ1) is 14.6. The van der Waals surface area contributed by atoms with Crippen LogP contribution in [0, 0.1) is 15.5 Å². The Labute approximate surface area is 119 Å². The maximum atomic E-state index is 11.0. The largest absolute Gasteiger partial charge is 0.491 e. The van der Waals surface area contributed by atoms with Crippen molar-refractivity contribution in [2.24, 2.45) is 5.41 Å². The average molecular weight is 278 g/mol. The molecule has 0 aliphatic heterocycles. The van der Waals surface area contributed by atoms with Gasteiger partial charge in [0.1, 0.15) is 5.75 Å². The van der Waals surface area contributed by atoms with Crippen LogP contribution >= 0.6 is 0 Å². The van der Waals surface area contributed by atoms with Crippen LogP contribution in [0.25, 0.3) is 0 Å². The van der Waals surface area contributed by atoms with E-state index in [-0.39, 0.29) is 16.7 Å². The van der Waals surface area contributed by atoms with Gasteiger partial charge in [-0.1, -0.05) is 6.92 Å². The van der Waals surface area contributed by atoms with Crippen LogP contribution in [-0.4, -0.2) is 17.6 Å². The topological polar surface area (TPSA) is 64.4 Å². The maximum Gasteiger partial charge on any atom is 0.275 e. The fourth-order valence-electron chi connectivity index (χ4n) is 2.25. The van der Waals surface area contributed by atoms with E-state index < -0.39 is 0 Å². The Morgan fingerprint density at radius 3 is 2.60 bits per heavy atom. The van der Waals surface area contributed by atoms with Crippen molar-refractivity contribution in [2.45, 2.75) is 46.1 Å². The predicted molar refractivity (Wildman–Crippen MR) is 79.3 cm³/mol. The van der Waals surface area contributed by atoms with E-state index in [0.717, 1.165) is 18.7 Å². The number of nitro benzene ring substituents is 1. The second-order valence-corrected chi connectivity index (χ2v) is 5.85. The first-order valence-electron chi connectivity index (χ1n) is 7.14. The summed E-state index contributed by atoms with van der Waals surface area (Å²) in [4.78, 5) is 10.6. The fourth-order valence-corrected chi connectivity index (χ4v) is 2.25. The zero-order valence-electron chi connectivity index (χ0n) is 12.3. The minimum absolute atomic E-state index is 0.00438. The van der Waals surface area contributed by atoms with Gasteiger partial charge >= 0.3 is 0 Å². The van der Waals surface area contributed by atoms with Gasteiger partial charge in [0.05, 0.1) is 17.1 Å². The van der Waals surface area contributed by atoms with Crippen molar-refractivity contribution >= 4 is 11.4 Å². The summed E-state index contributed by atoms with van der Waals surface area (Å²) >= 11 is 0. The number of nitro groups is 1. The van der Waals surface area contributed by atoms with E-state index in [1.807, 2.05) is 19.9 Å². The van der Waals surface area contributed by atoms with Crippen LogP contribution in [0.2, 0.25) is 0 Å². The summed E-state index contributed by atoms with van der Waals surface area (Å²) in [6.07, 6.45) is 3.61. The van der Waals surface area contributed by atoms with Crippen molar-refractivity contribution < 1.29 is 9.66 Å². The van der Waals surface area contributed by atoms with E-state index in [1.165, 1.54) is 18.9 Å². The first-order valence-corrected chi connectivity index (χ1v) is 7.14. The van der Waals surface area contributed by atoms with Crippen molar-refractivity contribution in [3.8, 4) is 5.75 Å². The summed E-state index contributed by atoms with van der Waals surface area (Å²) < 4.78 is 5.58. The molecule has 0 bridgehead atoms. The number of nitrogens with zero attached hydrogens (tertiary/aromatic N) is 1. The second kappa shape index (κ2) is 5.69. The van der Waals surface area contributed by atoms with Crippen molar-refractivity contribution in [3.05, 3.63) is 28.3 Å². The Balaban J connectivity index is 2.13. The molecule has 0 spiro atoms. The molecule has 110 valence electrons. The molecule has 1 aliphatic carbocycles. The van der Waals surface area contributed by atoms with Gasteiger partial charge < -0.3 is 10.1 Å². The van der Waals surface area contributed by atoms with Crippen molar-refractivity contribution in [2.75, 3.05) is 11.9 Å². The highest BCUT2D eigenvalue weighted by Gasteiger charge is 2.40. The summed E-state index contributed by atoms with van der Waals surface area (Å²) in [5.74, 6) is 0.540. The van der Waals surface area contributed by atoms with Gasteiger partial charge in [0.15, 0.2) is 0 Å². The van der Waals surface area contributed by atoms with Crippen LogP contribution in [0.4, 0.5) is 11.4 Å². The van der Waals surface area contributed by atoms with Crippen LogP contribution < -0.4 is 10.1 Å². The summed E-state index contributed by atoms with van der Waals surface area (Å²) in [7, 11) is 0. The third-order valence-corrected chi connectivity index (χ3v) is 3.85. The molecule has 0 radical (unpaired) electrons. The Hall–Kier alpha value is -1.78. The smallest absolute Gasteiger partial charge is 0.275 e.